The number of hydrogen-bond donors (Lipinski definition) is 8. The lowest BCUT2D eigenvalue weighted by Crippen LogP contribution is -2.58. The number of amides is 14. The second-order valence-electron chi connectivity index (χ2n) is 31.5. The predicted octanol–water partition coefficient (Wildman–Crippen LogP) is 5.66. The van der Waals surface area contributed by atoms with Crippen molar-refractivity contribution in [2.45, 2.75) is 224 Å². The van der Waals surface area contributed by atoms with Crippen molar-refractivity contribution in [3.63, 3.8) is 0 Å². The molecule has 1 saturated carbocycles. The van der Waals surface area contributed by atoms with E-state index in [4.69, 9.17) is 24.8 Å². The molecule has 0 aromatic heterocycles. The first-order valence-corrected chi connectivity index (χ1v) is 40.5. The summed E-state index contributed by atoms with van der Waals surface area (Å²) in [6, 6.07) is 12.5. The summed E-state index contributed by atoms with van der Waals surface area (Å²) in [6.45, 7) is 14.2. The Balaban J connectivity index is 0.938. The van der Waals surface area contributed by atoms with Crippen molar-refractivity contribution in [2.75, 3.05) is 72.6 Å². The van der Waals surface area contributed by atoms with Crippen LogP contribution in [0.25, 0.3) is 10.8 Å². The number of nitrogens with two attached hydrogens (primary N) is 1. The molecule has 4 aliphatic rings. The van der Waals surface area contributed by atoms with Crippen molar-refractivity contribution in [1.29, 1.82) is 0 Å². The maximum Gasteiger partial charge on any atom is 0.407 e. The fraction of sp³-hybridized carbons (Fsp3) is 0.617. The number of benzene rings is 3. The third kappa shape index (κ3) is 26.0. The maximum atomic E-state index is 15.1. The van der Waals surface area contributed by atoms with Gasteiger partial charge in [-0.05, 0) is 123 Å². The molecule has 11 atom stereocenters. The molecule has 3 heterocycles. The highest BCUT2D eigenvalue weighted by molar-refractivity contribution is 8.00. The minimum atomic E-state index is -1.17. The van der Waals surface area contributed by atoms with Crippen LogP contribution in [0.5, 0.6) is 0 Å². The zero-order chi connectivity index (χ0) is 83.8. The molecule has 4 fully saturated rings. The Hall–Kier alpha value is -9.60. The molecular formula is C81H117N13O19S. The van der Waals surface area contributed by atoms with E-state index < -0.39 is 136 Å². The number of ketones is 1. The van der Waals surface area contributed by atoms with Crippen molar-refractivity contribution in [3.8, 4) is 0 Å². The first-order valence-electron chi connectivity index (χ1n) is 39.5. The van der Waals surface area contributed by atoms with E-state index in [0.717, 1.165) is 10.8 Å². The van der Waals surface area contributed by atoms with Gasteiger partial charge in [-0.15, -0.1) is 16.8 Å². The van der Waals surface area contributed by atoms with Gasteiger partial charge in [-0.2, -0.15) is 0 Å². The van der Waals surface area contributed by atoms with E-state index in [1.165, 1.54) is 35.8 Å². The van der Waals surface area contributed by atoms with Crippen LogP contribution in [-0.4, -0.2) is 241 Å². The second-order valence-corrected chi connectivity index (χ2v) is 32.7. The molecule has 0 spiro atoms. The van der Waals surface area contributed by atoms with E-state index in [0.29, 0.717) is 72.6 Å². The van der Waals surface area contributed by atoms with E-state index in [-0.39, 0.29) is 132 Å². The molecule has 626 valence electrons. The standard InChI is InChI=1S/C81H117N13O19S/c1-14-21-58(91(11)78(107)70(48(4)5)89-76(105)71(49(6)7)90(9)10)61(110-12)40-66(99)93-44-56(39-59(93)72(111-13)50(8)73(102)84-43-60(95)54-29-28-52-22-17-18-23-53(52)38-54)86-80(109)112-45-51-26-30-55(31-27-51)85-74(103)57(24-20-36-83-79(82)108)87-75(104)69(47(2)3)88-63(96)25-16-15-19-37-92-67(100)41-62(77(92)106)114-46-81(34-35-81)42-68(101)113-94-64(97)32-33-65(94)98/h17-18,22-23,26-31,38,47-50,56-59,61-62,69-72H,14-16,19-21,24-25,32-37,39-46H2,1-13H3,(H,84,102)(H,85,103)(H,86,109)(H,87,104)(H,88,96)(H,89,105)(H3,82,83,108)/t50-,56+,57?,58?,59+,61-,62?,69+,70+,71+,72-/m1/s1. The third-order valence-electron chi connectivity index (χ3n) is 21.5. The monoisotopic (exact) mass is 1610 g/mol. The zero-order valence-corrected chi connectivity index (χ0v) is 68.8. The number of methoxy groups -OCH3 is 2. The van der Waals surface area contributed by atoms with Crippen molar-refractivity contribution in [3.05, 3.63) is 77.9 Å². The molecule has 0 bridgehead atoms. The van der Waals surface area contributed by atoms with Crippen LogP contribution in [0.1, 0.15) is 174 Å². The molecule has 3 saturated heterocycles. The summed E-state index contributed by atoms with van der Waals surface area (Å²) in [5, 5.41) is 21.2. The number of hydroxylamine groups is 2. The van der Waals surface area contributed by atoms with Crippen LogP contribution in [-0.2, 0) is 83.2 Å². The molecule has 114 heavy (non-hydrogen) atoms. The number of Topliss-reactive ketones (excluding diaryl/α,β-unsaturated/α-hetero) is 1. The summed E-state index contributed by atoms with van der Waals surface area (Å²) < 4.78 is 17.9. The second kappa shape index (κ2) is 43.2. The first-order chi connectivity index (χ1) is 54.1. The Morgan fingerprint density at radius 3 is 2.00 bits per heavy atom. The van der Waals surface area contributed by atoms with Crippen LogP contribution in [0.3, 0.4) is 0 Å². The van der Waals surface area contributed by atoms with Gasteiger partial charge in [0.05, 0.1) is 66.9 Å². The van der Waals surface area contributed by atoms with Crippen LogP contribution < -0.4 is 43.0 Å². The highest BCUT2D eigenvalue weighted by Gasteiger charge is 2.50. The molecule has 1 aliphatic carbocycles. The number of fused-ring (bicyclic) bond motifs is 1. The van der Waals surface area contributed by atoms with Gasteiger partial charge in [0.1, 0.15) is 24.7 Å². The van der Waals surface area contributed by atoms with E-state index >= 15 is 4.79 Å². The Bertz CT molecular complexity index is 3910. The van der Waals surface area contributed by atoms with Gasteiger partial charge in [0.2, 0.25) is 53.2 Å². The Labute approximate surface area is 671 Å². The number of nitrogens with one attached hydrogen (secondary N) is 7. The lowest BCUT2D eigenvalue weighted by Gasteiger charge is -2.38. The number of ether oxygens (including phenoxy) is 3. The van der Waals surface area contributed by atoms with E-state index in [1.54, 1.807) is 83.2 Å². The number of carbonyl (C=O) groups is 15. The molecule has 32 nitrogen and oxygen atoms in total. The number of anilines is 1. The van der Waals surface area contributed by atoms with E-state index in [1.807, 2.05) is 69.9 Å². The summed E-state index contributed by atoms with van der Waals surface area (Å²) in [4.78, 5) is 212. The average Bonchev–Trinajstić information content (AvgIpc) is 1.62. The number of primary amides is 1. The van der Waals surface area contributed by atoms with E-state index in [2.05, 4.69) is 37.2 Å². The maximum absolute atomic E-state index is 15.1. The first kappa shape index (κ1) is 91.6. The molecule has 9 N–H and O–H groups in total. The molecule has 3 aromatic rings. The molecule has 3 aliphatic heterocycles. The SMILES string of the molecule is CCCC([C@@H](CC(=O)N1C[C@@H](NC(=O)OCc2ccc(NC(=O)C(CCCNC(N)=O)NC(=O)[C@@H](NC(=O)CCCCCN3C(=O)CC(SCC4(CC(=O)ON5C(=O)CCC5=O)CC4)C3=O)C(C)C)cc2)C[C@H]1[C@H](OC)[C@@H](C)C(=O)NCC(=O)c1ccc2ccccc2c1)OC)N(C)C(=O)[C@@H](NC(=O)[C@H](C(C)C)N(C)C)C(C)C. The highest BCUT2D eigenvalue weighted by atomic mass is 32.2. The van der Waals surface area contributed by atoms with Crippen LogP contribution in [0.15, 0.2) is 66.7 Å². The van der Waals surface area contributed by atoms with Gasteiger partial charge in [0.25, 0.3) is 11.8 Å². The molecule has 3 aromatic carbocycles. The normalized spacial score (nSPS) is 18.7. The number of unbranched alkanes of at least 4 members (excludes halogenated alkanes) is 2. The number of hydrogen-bond acceptors (Lipinski definition) is 21. The Morgan fingerprint density at radius 1 is 0.711 bits per heavy atom. The largest absolute Gasteiger partial charge is 0.445 e. The van der Waals surface area contributed by atoms with Crippen molar-refractivity contribution >= 4 is 117 Å². The van der Waals surface area contributed by atoms with Crippen LogP contribution in [0.4, 0.5) is 15.3 Å². The Morgan fingerprint density at radius 2 is 1.39 bits per heavy atom. The number of carbonyl (C=O) groups excluding carboxylic acids is 15. The minimum Gasteiger partial charge on any atom is -0.445 e. The minimum absolute atomic E-state index is 0.00131. The van der Waals surface area contributed by atoms with Gasteiger partial charge >= 0.3 is 18.1 Å². The fourth-order valence-electron chi connectivity index (χ4n) is 14.8. The number of likely N-dealkylation sites (N-methyl/N-ethyl adjacent to an activating group) is 2. The number of imide groups is 2. The quantitative estimate of drug-likeness (QED) is 0.0192. The number of urea groups is 1. The Kier molecular flexibility index (Phi) is 34.7. The van der Waals surface area contributed by atoms with Crippen LogP contribution >= 0.6 is 11.8 Å². The average molecular weight is 1610 g/mol. The summed E-state index contributed by atoms with van der Waals surface area (Å²) in [6.07, 6.45) is 1.02. The van der Waals surface area contributed by atoms with Crippen molar-refractivity contribution in [1.82, 2.24) is 56.6 Å². The number of rotatable bonds is 45. The van der Waals surface area contributed by atoms with Gasteiger partial charge in [0, 0.05) is 83.6 Å². The molecule has 7 rings (SSSR count). The fourth-order valence-corrected chi connectivity index (χ4v) is 16.3. The summed E-state index contributed by atoms with van der Waals surface area (Å²) in [5.74, 6) is -7.48. The van der Waals surface area contributed by atoms with Crippen molar-refractivity contribution < 1.29 is 91.0 Å². The number of alkyl carbamates (subject to hydrolysis) is 1. The third-order valence-corrected chi connectivity index (χ3v) is 23.0. The summed E-state index contributed by atoms with van der Waals surface area (Å²) in [7, 11) is 8.11. The smallest absolute Gasteiger partial charge is 0.407 e. The van der Waals surface area contributed by atoms with Crippen LogP contribution in [0.2, 0.25) is 0 Å². The zero-order valence-electron chi connectivity index (χ0n) is 68.0. The van der Waals surface area contributed by atoms with E-state index in [9.17, 15) is 67.1 Å². The number of thioether (sulfide) groups is 1. The molecule has 14 amide bonds. The van der Waals surface area contributed by atoms with Crippen LogP contribution in [0, 0.1) is 29.1 Å². The molecule has 33 heteroatoms. The summed E-state index contributed by atoms with van der Waals surface area (Å²) in [5.41, 5.74) is 6.06. The van der Waals surface area contributed by atoms with Gasteiger partial charge < -0.3 is 71.8 Å². The molecule has 0 radical (unpaired) electrons. The highest BCUT2D eigenvalue weighted by Crippen LogP contribution is 2.52. The number of nitrogens with zero attached hydrogens (tertiary/aromatic N) is 5. The lowest BCUT2D eigenvalue weighted by atomic mass is 9.93. The predicted molar refractivity (Wildman–Crippen MR) is 425 cm³/mol. The number of likely N-dealkylation sites (tertiary alicyclic amines) is 2. The topological polar surface area (TPSA) is 419 Å². The van der Waals surface area contributed by atoms with Gasteiger partial charge in [-0.3, -0.25) is 67.3 Å². The summed E-state index contributed by atoms with van der Waals surface area (Å²) >= 11 is 1.30. The molecule has 3 unspecified atom stereocenters. The lowest BCUT2D eigenvalue weighted by molar-refractivity contribution is -0.198. The molecular weight excluding hydrogens is 1490 g/mol. The van der Waals surface area contributed by atoms with Gasteiger partial charge in [-0.25, -0.2) is 14.4 Å². The van der Waals surface area contributed by atoms with Crippen molar-refractivity contribution in [2.24, 2.45) is 34.8 Å². The van der Waals surface area contributed by atoms with Gasteiger partial charge in [0.15, 0.2) is 5.78 Å². The van der Waals surface area contributed by atoms with Gasteiger partial charge in [-0.1, -0.05) is 117 Å².